The molecule has 2 aromatic rings. The largest absolute Gasteiger partial charge is 0.384 e. The van der Waals surface area contributed by atoms with E-state index in [9.17, 15) is 0 Å². The molecule has 1 fully saturated rings. The van der Waals surface area contributed by atoms with E-state index in [2.05, 4.69) is 19.5 Å². The molecule has 0 N–H and O–H groups in total. The maximum Gasteiger partial charge on any atom is 0.165 e. The van der Waals surface area contributed by atoms with E-state index >= 15 is 0 Å². The molecule has 1 unspecified atom stereocenters. The topological polar surface area (TPSA) is 62.1 Å². The van der Waals surface area contributed by atoms with E-state index in [0.717, 1.165) is 42.9 Å². The molecule has 6 heteroatoms. The molecule has 102 valence electrons. The lowest BCUT2D eigenvalue weighted by Gasteiger charge is -2.25. The van der Waals surface area contributed by atoms with Crippen molar-refractivity contribution in [2.75, 3.05) is 20.3 Å². The van der Waals surface area contributed by atoms with Gasteiger partial charge in [0.25, 0.3) is 0 Å². The van der Waals surface area contributed by atoms with Gasteiger partial charge in [-0.15, -0.1) is 0 Å². The van der Waals surface area contributed by atoms with Crippen molar-refractivity contribution in [1.82, 2.24) is 19.5 Å². The van der Waals surface area contributed by atoms with Gasteiger partial charge in [0.1, 0.15) is 23.9 Å². The highest BCUT2D eigenvalue weighted by molar-refractivity contribution is 5.70. The van der Waals surface area contributed by atoms with Crippen molar-refractivity contribution >= 4 is 11.2 Å². The monoisotopic (exact) mass is 262 g/mol. The van der Waals surface area contributed by atoms with Gasteiger partial charge in [0.05, 0.1) is 12.8 Å². The molecule has 19 heavy (non-hydrogen) atoms. The van der Waals surface area contributed by atoms with Crippen LogP contribution in [0, 0.1) is 0 Å². The fourth-order valence-corrected chi connectivity index (χ4v) is 2.50. The molecule has 0 radical (unpaired) electrons. The first-order chi connectivity index (χ1) is 9.40. The molecular formula is C13H18N4O2. The summed E-state index contributed by atoms with van der Waals surface area (Å²) in [4.78, 5) is 13.0. The van der Waals surface area contributed by atoms with Gasteiger partial charge in [-0.25, -0.2) is 15.0 Å². The number of hydrogen-bond acceptors (Lipinski definition) is 5. The zero-order valence-electron chi connectivity index (χ0n) is 11.1. The molecule has 1 atom stereocenters. The molecule has 6 nitrogen and oxygen atoms in total. The molecule has 0 spiro atoms. The Morgan fingerprint density at radius 1 is 1.47 bits per heavy atom. The summed E-state index contributed by atoms with van der Waals surface area (Å²) in [6.07, 6.45) is 7.43. The molecule has 1 aliphatic rings. The van der Waals surface area contributed by atoms with Crippen LogP contribution in [0.5, 0.6) is 0 Å². The summed E-state index contributed by atoms with van der Waals surface area (Å²) >= 11 is 0. The first-order valence-electron chi connectivity index (χ1n) is 6.67. The average Bonchev–Trinajstić information content (AvgIpc) is 2.84. The van der Waals surface area contributed by atoms with Crippen molar-refractivity contribution in [3.63, 3.8) is 0 Å². The first-order valence-corrected chi connectivity index (χ1v) is 6.67. The standard InChI is InChI=1S/C13H18N4O2/c1-18-7-5-11-16-10-8-14-9-15-13(10)17(11)12-4-2-3-6-19-12/h8-9,12H,2-7H2,1H3. The van der Waals surface area contributed by atoms with Crippen LogP contribution < -0.4 is 0 Å². The summed E-state index contributed by atoms with van der Waals surface area (Å²) in [5.41, 5.74) is 1.68. The van der Waals surface area contributed by atoms with Crippen molar-refractivity contribution in [2.45, 2.75) is 31.9 Å². The lowest BCUT2D eigenvalue weighted by Crippen LogP contribution is -2.21. The molecule has 0 saturated carbocycles. The van der Waals surface area contributed by atoms with Crippen LogP contribution in [0.3, 0.4) is 0 Å². The van der Waals surface area contributed by atoms with Gasteiger partial charge in [-0.2, -0.15) is 0 Å². The summed E-state index contributed by atoms with van der Waals surface area (Å²) in [6, 6.07) is 0. The SMILES string of the molecule is COCCc1nc2cncnc2n1C1CCCCO1. The minimum atomic E-state index is 0.0421. The van der Waals surface area contributed by atoms with Gasteiger partial charge in [0.15, 0.2) is 5.65 Å². The Balaban J connectivity index is 2.01. The van der Waals surface area contributed by atoms with Crippen molar-refractivity contribution in [1.29, 1.82) is 0 Å². The summed E-state index contributed by atoms with van der Waals surface area (Å²) in [5.74, 6) is 0.962. The van der Waals surface area contributed by atoms with E-state index < -0.39 is 0 Å². The summed E-state index contributed by atoms with van der Waals surface area (Å²) in [5, 5.41) is 0. The predicted octanol–water partition coefficient (Wildman–Crippen LogP) is 1.71. The number of hydrogen-bond donors (Lipinski definition) is 0. The van der Waals surface area contributed by atoms with E-state index in [1.807, 2.05) is 0 Å². The third-order valence-electron chi connectivity index (χ3n) is 3.40. The molecule has 1 saturated heterocycles. The molecular weight excluding hydrogens is 244 g/mol. The Hall–Kier alpha value is -1.53. The molecule has 1 aliphatic heterocycles. The third kappa shape index (κ3) is 2.46. The number of rotatable bonds is 4. The van der Waals surface area contributed by atoms with Crippen LogP contribution in [0.2, 0.25) is 0 Å². The van der Waals surface area contributed by atoms with Crippen molar-refractivity contribution in [3.05, 3.63) is 18.3 Å². The van der Waals surface area contributed by atoms with Crippen molar-refractivity contribution in [3.8, 4) is 0 Å². The second-order valence-corrected chi connectivity index (χ2v) is 4.69. The highest BCUT2D eigenvalue weighted by atomic mass is 16.5. The molecule has 0 aliphatic carbocycles. The van der Waals surface area contributed by atoms with Crippen LogP contribution in [0.25, 0.3) is 11.2 Å². The van der Waals surface area contributed by atoms with Crippen LogP contribution in [0.1, 0.15) is 31.3 Å². The van der Waals surface area contributed by atoms with Crippen molar-refractivity contribution < 1.29 is 9.47 Å². The van der Waals surface area contributed by atoms with Gasteiger partial charge in [0.2, 0.25) is 0 Å². The first kappa shape index (κ1) is 12.5. The maximum absolute atomic E-state index is 5.87. The highest BCUT2D eigenvalue weighted by Gasteiger charge is 2.22. The molecule has 0 bridgehead atoms. The third-order valence-corrected chi connectivity index (χ3v) is 3.40. The Morgan fingerprint density at radius 3 is 3.21 bits per heavy atom. The van der Waals surface area contributed by atoms with Gasteiger partial charge < -0.3 is 9.47 Å². The summed E-state index contributed by atoms with van der Waals surface area (Å²) in [6.45, 7) is 1.45. The minimum absolute atomic E-state index is 0.0421. The quantitative estimate of drug-likeness (QED) is 0.839. The zero-order valence-corrected chi connectivity index (χ0v) is 11.1. The molecule has 2 aromatic heterocycles. The smallest absolute Gasteiger partial charge is 0.165 e. The van der Waals surface area contributed by atoms with Gasteiger partial charge in [-0.05, 0) is 19.3 Å². The van der Waals surface area contributed by atoms with Crippen molar-refractivity contribution in [2.24, 2.45) is 0 Å². The number of aromatic nitrogens is 4. The van der Waals surface area contributed by atoms with Crippen LogP contribution >= 0.6 is 0 Å². The highest BCUT2D eigenvalue weighted by Crippen LogP contribution is 2.27. The van der Waals surface area contributed by atoms with Crippen LogP contribution in [0.15, 0.2) is 12.5 Å². The number of imidazole rings is 1. The Kier molecular flexibility index (Phi) is 3.70. The summed E-state index contributed by atoms with van der Waals surface area (Å²) < 4.78 is 13.1. The zero-order chi connectivity index (χ0) is 13.1. The average molecular weight is 262 g/mol. The van der Waals surface area contributed by atoms with E-state index in [-0.39, 0.29) is 6.23 Å². The molecule has 0 amide bonds. The van der Waals surface area contributed by atoms with E-state index in [1.54, 1.807) is 19.6 Å². The van der Waals surface area contributed by atoms with Crippen LogP contribution in [0.4, 0.5) is 0 Å². The second-order valence-electron chi connectivity index (χ2n) is 4.69. The number of methoxy groups -OCH3 is 1. The second kappa shape index (κ2) is 5.63. The summed E-state index contributed by atoms with van der Waals surface area (Å²) in [7, 11) is 1.70. The minimum Gasteiger partial charge on any atom is -0.384 e. The lowest BCUT2D eigenvalue weighted by molar-refractivity contribution is -0.0316. The number of fused-ring (bicyclic) bond motifs is 1. The van der Waals surface area contributed by atoms with Crippen LogP contribution in [-0.2, 0) is 15.9 Å². The van der Waals surface area contributed by atoms with Gasteiger partial charge in [-0.1, -0.05) is 0 Å². The predicted molar refractivity (Wildman–Crippen MR) is 69.7 cm³/mol. The fraction of sp³-hybridized carbons (Fsp3) is 0.615. The normalized spacial score (nSPS) is 19.9. The maximum atomic E-state index is 5.87. The Morgan fingerprint density at radius 2 is 2.42 bits per heavy atom. The molecule has 3 heterocycles. The van der Waals surface area contributed by atoms with Crippen LogP contribution in [-0.4, -0.2) is 39.8 Å². The lowest BCUT2D eigenvalue weighted by atomic mass is 10.2. The van der Waals surface area contributed by atoms with E-state index in [1.165, 1.54) is 6.42 Å². The Bertz CT molecular complexity index is 549. The number of ether oxygens (including phenoxy) is 2. The van der Waals surface area contributed by atoms with Gasteiger partial charge in [0, 0.05) is 20.1 Å². The number of nitrogens with zero attached hydrogens (tertiary/aromatic N) is 4. The molecule has 0 aromatic carbocycles. The van der Waals surface area contributed by atoms with Gasteiger partial charge in [-0.3, -0.25) is 4.57 Å². The molecule has 3 rings (SSSR count). The van der Waals surface area contributed by atoms with E-state index in [0.29, 0.717) is 6.61 Å². The van der Waals surface area contributed by atoms with Gasteiger partial charge >= 0.3 is 0 Å². The van der Waals surface area contributed by atoms with E-state index in [4.69, 9.17) is 9.47 Å². The Labute approximate surface area is 111 Å². The fourth-order valence-electron chi connectivity index (χ4n) is 2.50.